The summed E-state index contributed by atoms with van der Waals surface area (Å²) in [5.74, 6) is -1.64. The van der Waals surface area contributed by atoms with Crippen molar-refractivity contribution in [3.8, 4) is 5.75 Å². The molecule has 12 heteroatoms. The SMILES string of the molecule is COCO[C@H]1CC[C@H]2[C@@H]3CC[C@H]4CC5(CC[C@]4(C)[C@H]3[C@@H](c3ccc(OCC=CCC[S+]([O-])CCCC(F)(F)C(F)(F)F)cc3)C[C@]12C)OCCO5. The molecule has 1 aromatic carbocycles. The predicted octanol–water partition coefficient (Wildman–Crippen LogP) is 9.21. The lowest BCUT2D eigenvalue weighted by Crippen LogP contribution is -2.58. The van der Waals surface area contributed by atoms with Gasteiger partial charge in [-0.15, -0.1) is 0 Å². The highest BCUT2D eigenvalue weighted by molar-refractivity contribution is 7.91. The zero-order valence-electron chi connectivity index (χ0n) is 30.2. The molecule has 0 amide bonds. The molecular formula is C39H55F5O6S. The van der Waals surface area contributed by atoms with Gasteiger partial charge >= 0.3 is 12.1 Å². The molecular weight excluding hydrogens is 691 g/mol. The van der Waals surface area contributed by atoms with E-state index in [9.17, 15) is 26.5 Å². The lowest BCUT2D eigenvalue weighted by Gasteiger charge is -2.64. The monoisotopic (exact) mass is 746 g/mol. The van der Waals surface area contributed by atoms with Gasteiger partial charge in [-0.2, -0.15) is 22.0 Å². The number of benzene rings is 1. The minimum atomic E-state index is -5.57. The Bertz CT molecular complexity index is 1320. The average Bonchev–Trinajstić information content (AvgIpc) is 3.68. The van der Waals surface area contributed by atoms with Gasteiger partial charge in [-0.05, 0) is 103 Å². The molecule has 1 saturated heterocycles. The van der Waals surface area contributed by atoms with E-state index in [4.69, 9.17) is 23.7 Å². The molecule has 0 bridgehead atoms. The molecule has 6 rings (SSSR count). The van der Waals surface area contributed by atoms with Gasteiger partial charge in [0.05, 0.1) is 19.3 Å². The Hall–Kier alpha value is -1.44. The van der Waals surface area contributed by atoms with Crippen LogP contribution in [0, 0.1) is 34.5 Å². The Morgan fingerprint density at radius 3 is 2.37 bits per heavy atom. The molecule has 1 heterocycles. The fraction of sp³-hybridized carbons (Fsp3) is 0.795. The molecule has 1 unspecified atom stereocenters. The molecule has 6 nitrogen and oxygen atoms in total. The molecule has 4 aliphatic carbocycles. The van der Waals surface area contributed by atoms with Crippen molar-refractivity contribution in [3.05, 3.63) is 42.0 Å². The third-order valence-electron chi connectivity index (χ3n) is 13.3. The van der Waals surface area contributed by atoms with Crippen LogP contribution < -0.4 is 4.74 Å². The maximum absolute atomic E-state index is 13.1. The minimum Gasteiger partial charge on any atom is -0.616 e. The van der Waals surface area contributed by atoms with Crippen LogP contribution in [0.15, 0.2) is 36.4 Å². The van der Waals surface area contributed by atoms with Crippen molar-refractivity contribution in [3.63, 3.8) is 0 Å². The largest absolute Gasteiger partial charge is 0.616 e. The van der Waals surface area contributed by atoms with Gasteiger partial charge in [-0.3, -0.25) is 0 Å². The van der Waals surface area contributed by atoms with E-state index in [1.54, 1.807) is 13.2 Å². The average molecular weight is 747 g/mol. The van der Waals surface area contributed by atoms with Crippen LogP contribution in [0.5, 0.6) is 5.75 Å². The molecule has 1 spiro atoms. The summed E-state index contributed by atoms with van der Waals surface area (Å²) in [6, 6.07) is 8.56. The van der Waals surface area contributed by atoms with Crippen molar-refractivity contribution in [1.82, 2.24) is 0 Å². The van der Waals surface area contributed by atoms with Crippen molar-refractivity contribution in [2.75, 3.05) is 45.2 Å². The summed E-state index contributed by atoms with van der Waals surface area (Å²) in [7, 11) is 1.69. The third kappa shape index (κ3) is 8.16. The zero-order valence-corrected chi connectivity index (χ0v) is 31.0. The van der Waals surface area contributed by atoms with E-state index in [1.807, 2.05) is 18.2 Å². The summed E-state index contributed by atoms with van der Waals surface area (Å²) in [6.45, 7) is 7.03. The molecule has 0 aromatic heterocycles. The number of alkyl halides is 5. The van der Waals surface area contributed by atoms with Gasteiger partial charge in [-0.25, -0.2) is 0 Å². The number of hydrogen-bond acceptors (Lipinski definition) is 6. The summed E-state index contributed by atoms with van der Waals surface area (Å²) in [4.78, 5) is 0. The van der Waals surface area contributed by atoms with Gasteiger partial charge in [0, 0.05) is 32.8 Å². The van der Waals surface area contributed by atoms with Crippen LogP contribution in [0.3, 0.4) is 0 Å². The normalized spacial score (nSPS) is 35.5. The van der Waals surface area contributed by atoms with Crippen molar-refractivity contribution >= 4 is 11.2 Å². The first kappa shape index (κ1) is 39.3. The van der Waals surface area contributed by atoms with Crippen molar-refractivity contribution in [2.24, 2.45) is 34.5 Å². The zero-order chi connectivity index (χ0) is 36.5. The lowest BCUT2D eigenvalue weighted by molar-refractivity contribution is -0.284. The van der Waals surface area contributed by atoms with Crippen LogP contribution in [0.25, 0.3) is 0 Å². The highest BCUT2D eigenvalue weighted by Gasteiger charge is 2.65. The Kier molecular flexibility index (Phi) is 12.1. The third-order valence-corrected chi connectivity index (χ3v) is 14.8. The fourth-order valence-corrected chi connectivity index (χ4v) is 12.0. The number of fused-ring (bicyclic) bond motifs is 5. The lowest BCUT2D eigenvalue weighted by atomic mass is 9.41. The minimum absolute atomic E-state index is 0.0684. The number of halogens is 5. The van der Waals surface area contributed by atoms with E-state index >= 15 is 0 Å². The van der Waals surface area contributed by atoms with E-state index in [0.717, 1.165) is 37.9 Å². The van der Waals surface area contributed by atoms with Gasteiger partial charge in [-0.1, -0.05) is 49.3 Å². The molecule has 0 radical (unpaired) electrons. The molecule has 5 aliphatic rings. The van der Waals surface area contributed by atoms with Gasteiger partial charge in [0.15, 0.2) is 5.79 Å². The molecule has 1 aromatic rings. The summed E-state index contributed by atoms with van der Waals surface area (Å²) >= 11 is -1.47. The first-order valence-electron chi connectivity index (χ1n) is 18.8. The molecule has 51 heavy (non-hydrogen) atoms. The Balaban J connectivity index is 1.08. The smallest absolute Gasteiger partial charge is 0.453 e. The summed E-state index contributed by atoms with van der Waals surface area (Å²) in [6.07, 6.45) is 5.67. The molecule has 4 saturated carbocycles. The predicted molar refractivity (Wildman–Crippen MR) is 185 cm³/mol. The second-order valence-electron chi connectivity index (χ2n) is 16.1. The number of rotatable bonds is 14. The Morgan fingerprint density at radius 2 is 1.67 bits per heavy atom. The van der Waals surface area contributed by atoms with Crippen LogP contribution in [0.2, 0.25) is 0 Å². The second kappa shape index (κ2) is 15.7. The Labute approximate surface area is 302 Å². The van der Waals surface area contributed by atoms with E-state index in [2.05, 4.69) is 26.0 Å². The van der Waals surface area contributed by atoms with Crippen LogP contribution >= 0.6 is 0 Å². The first-order valence-corrected chi connectivity index (χ1v) is 20.3. The first-order chi connectivity index (χ1) is 24.2. The van der Waals surface area contributed by atoms with E-state index in [-0.39, 0.29) is 28.4 Å². The molecule has 1 aliphatic heterocycles. The highest BCUT2D eigenvalue weighted by atomic mass is 32.2. The van der Waals surface area contributed by atoms with Crippen molar-refractivity contribution in [2.45, 2.75) is 114 Å². The molecule has 9 atom stereocenters. The van der Waals surface area contributed by atoms with Gasteiger partial charge in [0.25, 0.3) is 0 Å². The molecule has 288 valence electrons. The van der Waals surface area contributed by atoms with E-state index in [0.29, 0.717) is 62.6 Å². The maximum atomic E-state index is 13.1. The highest BCUT2D eigenvalue weighted by Crippen LogP contribution is 2.70. The van der Waals surface area contributed by atoms with E-state index < -0.39 is 41.9 Å². The van der Waals surface area contributed by atoms with Crippen molar-refractivity contribution in [1.29, 1.82) is 0 Å². The van der Waals surface area contributed by atoms with Crippen LogP contribution in [0.4, 0.5) is 22.0 Å². The molecule has 0 N–H and O–H groups in total. The van der Waals surface area contributed by atoms with Crippen LogP contribution in [-0.4, -0.2) is 73.8 Å². The standard InChI is InChI=1S/C39H55F5O6S/c1-35-17-18-37(49-20-21-50-37)24-28(35)10-13-30-32-14-15-33(48-26-46-3)36(32,2)25-31(34(30)35)27-8-11-29(12-9-27)47-19-5-4-6-22-51(45)23-7-16-38(40,41)39(42,43)44/h4-5,8-9,11-12,28,30-34H,6-7,10,13-26H2,1-3H3/t28-,30-,31+,32-,33-,34+,35-,36-,51?/m0/s1. The Morgan fingerprint density at radius 1 is 0.922 bits per heavy atom. The number of methoxy groups -OCH3 is 1. The quantitative estimate of drug-likeness (QED) is 0.0819. The van der Waals surface area contributed by atoms with Gasteiger partial charge in [0.1, 0.15) is 30.7 Å². The topological polar surface area (TPSA) is 69.2 Å². The maximum Gasteiger partial charge on any atom is 0.453 e. The number of allylic oxidation sites excluding steroid dienone is 1. The van der Waals surface area contributed by atoms with Gasteiger partial charge < -0.3 is 28.2 Å². The summed E-state index contributed by atoms with van der Waals surface area (Å²) < 4.78 is 105. The van der Waals surface area contributed by atoms with Crippen LogP contribution in [0.1, 0.15) is 96.0 Å². The fourth-order valence-electron chi connectivity index (χ4n) is 10.9. The van der Waals surface area contributed by atoms with Crippen molar-refractivity contribution < 1.29 is 50.2 Å². The number of ether oxygens (including phenoxy) is 5. The summed E-state index contributed by atoms with van der Waals surface area (Å²) in [5, 5.41) is 0. The van der Waals surface area contributed by atoms with E-state index in [1.165, 1.54) is 24.8 Å². The molecule has 5 fully saturated rings. The van der Waals surface area contributed by atoms with Gasteiger partial charge in [0.2, 0.25) is 0 Å². The van der Waals surface area contributed by atoms with Crippen LogP contribution in [-0.2, 0) is 30.1 Å². The second-order valence-corrected chi connectivity index (χ2v) is 17.8. The summed E-state index contributed by atoms with van der Waals surface area (Å²) in [5.41, 5.74) is 1.61. The number of hydrogen-bond donors (Lipinski definition) is 0.